The third kappa shape index (κ3) is 1.56. The maximum absolute atomic E-state index is 10.7. The van der Waals surface area contributed by atoms with E-state index in [1.54, 1.807) is 0 Å². The summed E-state index contributed by atoms with van der Waals surface area (Å²) in [5.41, 5.74) is 2.84. The van der Waals surface area contributed by atoms with Crippen LogP contribution in [0.3, 0.4) is 0 Å². The Labute approximate surface area is 92.5 Å². The molecule has 1 fully saturated rings. The summed E-state index contributed by atoms with van der Waals surface area (Å²) in [6.45, 7) is 0. The number of fused-ring (bicyclic) bond motifs is 1. The number of hydrogen-bond acceptors (Lipinski definition) is 2. The predicted octanol–water partition coefficient (Wildman–Crippen LogP) is 2.00. The molecular weight excluding hydrogens is 204 g/mol. The van der Waals surface area contributed by atoms with Crippen LogP contribution in [0.1, 0.15) is 24.4 Å². The normalized spacial score (nSPS) is 15.5. The summed E-state index contributed by atoms with van der Waals surface area (Å²) in [7, 11) is 0. The number of rotatable bonds is 3. The van der Waals surface area contributed by atoms with Crippen LogP contribution in [0.5, 0.6) is 0 Å². The molecule has 2 aromatic rings. The molecule has 1 N–H and O–H groups in total. The lowest BCUT2D eigenvalue weighted by Gasteiger charge is -2.02. The zero-order chi connectivity index (χ0) is 11.1. The van der Waals surface area contributed by atoms with Crippen LogP contribution in [0.15, 0.2) is 24.5 Å². The zero-order valence-corrected chi connectivity index (χ0v) is 8.76. The van der Waals surface area contributed by atoms with Crippen molar-refractivity contribution in [2.45, 2.75) is 25.3 Å². The van der Waals surface area contributed by atoms with E-state index in [9.17, 15) is 4.79 Å². The number of carbonyl (C=O) groups is 1. The van der Waals surface area contributed by atoms with E-state index in [1.165, 1.54) is 12.8 Å². The van der Waals surface area contributed by atoms with Crippen LogP contribution in [0.2, 0.25) is 0 Å². The molecule has 0 saturated heterocycles. The van der Waals surface area contributed by atoms with E-state index >= 15 is 0 Å². The summed E-state index contributed by atoms with van der Waals surface area (Å²) in [6.07, 6.45) is 4.34. The fourth-order valence-corrected chi connectivity index (χ4v) is 2.00. The molecule has 0 amide bonds. The van der Waals surface area contributed by atoms with Gasteiger partial charge in [0.25, 0.3) is 0 Å². The van der Waals surface area contributed by atoms with E-state index in [-0.39, 0.29) is 6.42 Å². The molecule has 4 nitrogen and oxygen atoms in total. The van der Waals surface area contributed by atoms with Gasteiger partial charge in [0, 0.05) is 6.04 Å². The van der Waals surface area contributed by atoms with Gasteiger partial charge in [-0.2, -0.15) is 0 Å². The quantitative estimate of drug-likeness (QED) is 0.853. The number of carboxylic acids is 1. The van der Waals surface area contributed by atoms with Crippen molar-refractivity contribution in [2.75, 3.05) is 0 Å². The van der Waals surface area contributed by atoms with Crippen molar-refractivity contribution in [3.63, 3.8) is 0 Å². The van der Waals surface area contributed by atoms with Gasteiger partial charge in [-0.05, 0) is 30.5 Å². The molecule has 1 heterocycles. The first-order valence-electron chi connectivity index (χ1n) is 5.41. The van der Waals surface area contributed by atoms with Gasteiger partial charge in [0.05, 0.1) is 23.8 Å². The largest absolute Gasteiger partial charge is 0.481 e. The summed E-state index contributed by atoms with van der Waals surface area (Å²) in [4.78, 5) is 15.0. The van der Waals surface area contributed by atoms with Crippen LogP contribution in [0.25, 0.3) is 11.0 Å². The Morgan fingerprint density at radius 2 is 2.31 bits per heavy atom. The number of benzene rings is 1. The van der Waals surface area contributed by atoms with E-state index in [0.717, 1.165) is 16.6 Å². The standard InChI is InChI=1S/C12H12N2O2/c15-12(16)6-8-1-4-10-11(5-8)14(7-13-10)9-2-3-9/h1,4-5,7,9H,2-3,6H2,(H,15,16). The topological polar surface area (TPSA) is 55.1 Å². The van der Waals surface area contributed by atoms with Crippen molar-refractivity contribution in [1.82, 2.24) is 9.55 Å². The summed E-state index contributed by atoms with van der Waals surface area (Å²) in [5.74, 6) is -0.795. The van der Waals surface area contributed by atoms with Crippen LogP contribution in [0.4, 0.5) is 0 Å². The lowest BCUT2D eigenvalue weighted by Crippen LogP contribution is -2.00. The van der Waals surface area contributed by atoms with Crippen LogP contribution in [0, 0.1) is 0 Å². The highest BCUT2D eigenvalue weighted by molar-refractivity contribution is 5.78. The molecule has 0 atom stereocenters. The molecule has 4 heteroatoms. The Balaban J connectivity index is 2.06. The molecule has 1 aromatic carbocycles. The number of nitrogens with zero attached hydrogens (tertiary/aromatic N) is 2. The molecule has 0 bridgehead atoms. The Hall–Kier alpha value is -1.84. The van der Waals surface area contributed by atoms with Gasteiger partial charge in [-0.3, -0.25) is 4.79 Å². The van der Waals surface area contributed by atoms with Gasteiger partial charge in [-0.1, -0.05) is 6.07 Å². The number of imidazole rings is 1. The fraction of sp³-hybridized carbons (Fsp3) is 0.333. The van der Waals surface area contributed by atoms with Crippen molar-refractivity contribution < 1.29 is 9.90 Å². The summed E-state index contributed by atoms with van der Waals surface area (Å²) in [5, 5.41) is 8.76. The van der Waals surface area contributed by atoms with Crippen LogP contribution < -0.4 is 0 Å². The lowest BCUT2D eigenvalue weighted by molar-refractivity contribution is -0.136. The summed E-state index contributed by atoms with van der Waals surface area (Å²) >= 11 is 0. The number of hydrogen-bond donors (Lipinski definition) is 1. The first kappa shape index (κ1) is 9.39. The predicted molar refractivity (Wildman–Crippen MR) is 59.3 cm³/mol. The average Bonchev–Trinajstić information content (AvgIpc) is 2.98. The first-order chi connectivity index (χ1) is 7.74. The number of aromatic nitrogens is 2. The van der Waals surface area contributed by atoms with Gasteiger partial charge in [0.1, 0.15) is 0 Å². The Kier molecular flexibility index (Phi) is 1.96. The van der Waals surface area contributed by atoms with Crippen LogP contribution in [-0.2, 0) is 11.2 Å². The minimum atomic E-state index is -0.795. The molecule has 0 radical (unpaired) electrons. The van der Waals surface area contributed by atoms with Crippen molar-refractivity contribution >= 4 is 17.0 Å². The minimum absolute atomic E-state index is 0.0752. The second-order valence-corrected chi connectivity index (χ2v) is 4.28. The molecule has 1 aliphatic carbocycles. The Bertz CT molecular complexity index is 555. The summed E-state index contributed by atoms with van der Waals surface area (Å²) < 4.78 is 2.15. The van der Waals surface area contributed by atoms with Gasteiger partial charge in [0.15, 0.2) is 0 Å². The van der Waals surface area contributed by atoms with Gasteiger partial charge in [0.2, 0.25) is 0 Å². The van der Waals surface area contributed by atoms with Crippen LogP contribution in [-0.4, -0.2) is 20.6 Å². The van der Waals surface area contributed by atoms with E-state index in [0.29, 0.717) is 6.04 Å². The van der Waals surface area contributed by atoms with Crippen molar-refractivity contribution in [2.24, 2.45) is 0 Å². The highest BCUT2D eigenvalue weighted by Gasteiger charge is 2.24. The fourth-order valence-electron chi connectivity index (χ4n) is 2.00. The number of carboxylic acid groups (broad SMARTS) is 1. The van der Waals surface area contributed by atoms with Crippen LogP contribution >= 0.6 is 0 Å². The summed E-state index contributed by atoms with van der Waals surface area (Å²) in [6, 6.07) is 6.24. The number of aliphatic carboxylic acids is 1. The highest BCUT2D eigenvalue weighted by Crippen LogP contribution is 2.37. The smallest absolute Gasteiger partial charge is 0.307 e. The van der Waals surface area contributed by atoms with Gasteiger partial charge in [-0.15, -0.1) is 0 Å². The third-order valence-corrected chi connectivity index (χ3v) is 2.93. The Morgan fingerprint density at radius 3 is 3.00 bits per heavy atom. The minimum Gasteiger partial charge on any atom is -0.481 e. The second-order valence-electron chi connectivity index (χ2n) is 4.28. The van der Waals surface area contributed by atoms with E-state index < -0.39 is 5.97 Å². The monoisotopic (exact) mass is 216 g/mol. The molecule has 0 unspecified atom stereocenters. The Morgan fingerprint density at radius 1 is 1.50 bits per heavy atom. The molecular formula is C12H12N2O2. The maximum Gasteiger partial charge on any atom is 0.307 e. The van der Waals surface area contributed by atoms with Gasteiger partial charge in [-0.25, -0.2) is 4.98 Å². The molecule has 16 heavy (non-hydrogen) atoms. The lowest BCUT2D eigenvalue weighted by atomic mass is 10.1. The first-order valence-corrected chi connectivity index (χ1v) is 5.41. The van der Waals surface area contributed by atoms with Gasteiger partial charge < -0.3 is 9.67 Å². The molecule has 82 valence electrons. The molecule has 0 spiro atoms. The van der Waals surface area contributed by atoms with Crippen molar-refractivity contribution in [3.05, 3.63) is 30.1 Å². The van der Waals surface area contributed by atoms with Crippen molar-refractivity contribution in [1.29, 1.82) is 0 Å². The average molecular weight is 216 g/mol. The SMILES string of the molecule is O=C(O)Cc1ccc2ncn(C3CC3)c2c1. The van der Waals surface area contributed by atoms with E-state index in [4.69, 9.17) is 5.11 Å². The molecule has 3 rings (SSSR count). The second kappa shape index (κ2) is 3.33. The highest BCUT2D eigenvalue weighted by atomic mass is 16.4. The van der Waals surface area contributed by atoms with Gasteiger partial charge >= 0.3 is 5.97 Å². The van der Waals surface area contributed by atoms with Crippen molar-refractivity contribution in [3.8, 4) is 0 Å². The van der Waals surface area contributed by atoms with E-state index in [2.05, 4.69) is 9.55 Å². The van der Waals surface area contributed by atoms with E-state index in [1.807, 2.05) is 24.5 Å². The molecule has 1 saturated carbocycles. The molecule has 1 aromatic heterocycles. The molecule has 1 aliphatic rings. The molecule has 0 aliphatic heterocycles. The maximum atomic E-state index is 10.7. The third-order valence-electron chi connectivity index (χ3n) is 2.93. The zero-order valence-electron chi connectivity index (χ0n) is 8.76.